The zero-order valence-corrected chi connectivity index (χ0v) is 29.5. The average Bonchev–Trinajstić information content (AvgIpc) is 3.99. The zero-order valence-electron chi connectivity index (χ0n) is 29.5. The number of aliphatic hydroxyl groups is 7. The summed E-state index contributed by atoms with van der Waals surface area (Å²) in [6.45, 7) is 8.09. The van der Waals surface area contributed by atoms with E-state index in [1.807, 2.05) is 20.8 Å². The summed E-state index contributed by atoms with van der Waals surface area (Å²) in [7, 11) is 0. The molecule has 51 heavy (non-hydrogen) atoms. The molecule has 0 aromatic carbocycles. The van der Waals surface area contributed by atoms with Crippen LogP contribution in [-0.2, 0) is 38.0 Å². The van der Waals surface area contributed by atoms with Crippen molar-refractivity contribution in [3.05, 3.63) is 11.1 Å². The molecule has 4 aliphatic heterocycles. The van der Waals surface area contributed by atoms with Gasteiger partial charge in [0.05, 0.1) is 43.2 Å². The van der Waals surface area contributed by atoms with Crippen molar-refractivity contribution in [2.45, 2.75) is 145 Å². The number of fused-ring (bicyclic) bond motifs is 9. The number of aliphatic hydroxyl groups excluding tert-OH is 6. The first-order valence-corrected chi connectivity index (χ1v) is 18.4. The lowest BCUT2D eigenvalue weighted by atomic mass is 9.42. The molecule has 4 aliphatic carbocycles. The van der Waals surface area contributed by atoms with Crippen molar-refractivity contribution in [2.75, 3.05) is 13.2 Å². The normalized spacial score (nSPS) is 56.1. The molecular formula is C36H52O15. The standard InChI is InChI=1S/C36H52O15/c1-12-6-19(49-32(44)15(12)11-46-33-27(42)26(41)25(40)21(10-37)50-33)13(2)24-18(39)7-16-23-17(8-22(34(16,24)4)47-14(3)38)35(5)30(43)28-20(48-28)9-36(35,45)31-29(23)51-31/h13,16-31,33,37,39-43,45H,6-11H2,1-5H3. The highest BCUT2D eigenvalue weighted by molar-refractivity contribution is 5.90. The molecule has 0 amide bonds. The Balaban J connectivity index is 1.04. The van der Waals surface area contributed by atoms with E-state index in [-0.39, 0.29) is 54.2 Å². The van der Waals surface area contributed by atoms with Crippen LogP contribution in [0.2, 0.25) is 0 Å². The second kappa shape index (κ2) is 12.1. The Morgan fingerprint density at radius 3 is 2.39 bits per heavy atom. The summed E-state index contributed by atoms with van der Waals surface area (Å²) < 4.78 is 35.3. The number of ether oxygens (including phenoxy) is 6. The fourth-order valence-corrected chi connectivity index (χ4v) is 12.1. The third-order valence-corrected chi connectivity index (χ3v) is 14.9. The molecule has 21 unspecified atom stereocenters. The largest absolute Gasteiger partial charge is 0.462 e. The first kappa shape index (κ1) is 36.2. The lowest BCUT2D eigenvalue weighted by Gasteiger charge is -2.63. The predicted molar refractivity (Wildman–Crippen MR) is 170 cm³/mol. The lowest BCUT2D eigenvalue weighted by molar-refractivity contribution is -0.299. The number of hydrogen-bond donors (Lipinski definition) is 7. The average molecular weight is 725 g/mol. The van der Waals surface area contributed by atoms with E-state index in [4.69, 9.17) is 28.4 Å². The number of carbonyl (C=O) groups excluding carboxylic acids is 2. The molecule has 15 heteroatoms. The van der Waals surface area contributed by atoms with Gasteiger partial charge in [0.15, 0.2) is 6.29 Å². The molecule has 8 aliphatic rings. The van der Waals surface area contributed by atoms with Crippen molar-refractivity contribution in [3.63, 3.8) is 0 Å². The fourth-order valence-electron chi connectivity index (χ4n) is 12.1. The summed E-state index contributed by atoms with van der Waals surface area (Å²) in [6.07, 6.45) is -10.3. The number of cyclic esters (lactones) is 1. The van der Waals surface area contributed by atoms with Crippen molar-refractivity contribution in [2.24, 2.45) is 40.4 Å². The molecule has 4 saturated carbocycles. The Bertz CT molecular complexity index is 1470. The summed E-state index contributed by atoms with van der Waals surface area (Å²) >= 11 is 0. The van der Waals surface area contributed by atoms with Crippen LogP contribution in [0.3, 0.4) is 0 Å². The van der Waals surface area contributed by atoms with E-state index in [9.17, 15) is 45.3 Å². The van der Waals surface area contributed by atoms with Crippen molar-refractivity contribution in [1.82, 2.24) is 0 Å². The van der Waals surface area contributed by atoms with E-state index in [1.165, 1.54) is 6.92 Å². The van der Waals surface area contributed by atoms with Crippen LogP contribution in [0.4, 0.5) is 0 Å². The smallest absolute Gasteiger partial charge is 0.336 e. The van der Waals surface area contributed by atoms with Crippen LogP contribution < -0.4 is 0 Å². The van der Waals surface area contributed by atoms with Crippen LogP contribution >= 0.6 is 0 Å². The van der Waals surface area contributed by atoms with Gasteiger partial charge in [-0.1, -0.05) is 26.3 Å². The molecule has 0 aromatic rings. The van der Waals surface area contributed by atoms with Gasteiger partial charge >= 0.3 is 11.9 Å². The third-order valence-electron chi connectivity index (χ3n) is 14.9. The van der Waals surface area contributed by atoms with E-state index in [0.29, 0.717) is 31.3 Å². The molecule has 3 saturated heterocycles. The van der Waals surface area contributed by atoms with E-state index < -0.39 is 102 Å². The minimum atomic E-state index is -1.62. The highest BCUT2D eigenvalue weighted by Gasteiger charge is 2.83. The summed E-state index contributed by atoms with van der Waals surface area (Å²) in [5.74, 6) is -2.55. The van der Waals surface area contributed by atoms with Crippen LogP contribution in [0.1, 0.15) is 60.3 Å². The Kier molecular flexibility index (Phi) is 8.61. The number of carbonyl (C=O) groups is 2. The molecule has 4 heterocycles. The van der Waals surface area contributed by atoms with Gasteiger partial charge in [-0.15, -0.1) is 0 Å². The van der Waals surface area contributed by atoms with Gasteiger partial charge in [-0.2, -0.15) is 0 Å². The lowest BCUT2D eigenvalue weighted by Crippen LogP contribution is -2.72. The van der Waals surface area contributed by atoms with E-state index in [2.05, 4.69) is 0 Å². The predicted octanol–water partition coefficient (Wildman–Crippen LogP) is -1.31. The highest BCUT2D eigenvalue weighted by atomic mass is 16.7. The van der Waals surface area contributed by atoms with Crippen molar-refractivity contribution >= 4 is 11.9 Å². The first-order chi connectivity index (χ1) is 24.0. The number of hydrogen-bond acceptors (Lipinski definition) is 15. The van der Waals surface area contributed by atoms with E-state index in [1.54, 1.807) is 6.92 Å². The van der Waals surface area contributed by atoms with Crippen LogP contribution in [0.5, 0.6) is 0 Å². The number of epoxide rings is 2. The third kappa shape index (κ3) is 5.03. The number of esters is 2. The molecule has 0 radical (unpaired) electrons. The van der Waals surface area contributed by atoms with Crippen LogP contribution in [0.25, 0.3) is 0 Å². The molecule has 7 N–H and O–H groups in total. The van der Waals surface area contributed by atoms with Gasteiger partial charge in [-0.25, -0.2) is 4.79 Å². The summed E-state index contributed by atoms with van der Waals surface area (Å²) in [5.41, 5.74) is -2.18. The second-order valence-electron chi connectivity index (χ2n) is 17.1. The van der Waals surface area contributed by atoms with Gasteiger partial charge in [0.2, 0.25) is 0 Å². The SMILES string of the molecule is CC(=O)OC1CC2C(C3OC3C3(O)CC4OC4C(O)C23C)C2CC(O)C(C(C)C3CC(C)=C(COC4OC(CO)C(O)C(O)C4O)C(=O)O3)C12C. The fraction of sp³-hybridized carbons (Fsp3) is 0.889. The maximum atomic E-state index is 13.5. The summed E-state index contributed by atoms with van der Waals surface area (Å²) in [5, 5.41) is 75.9. The van der Waals surface area contributed by atoms with Gasteiger partial charge in [0.25, 0.3) is 0 Å². The molecule has 7 fully saturated rings. The Morgan fingerprint density at radius 1 is 1.00 bits per heavy atom. The minimum absolute atomic E-state index is 0.129. The molecule has 286 valence electrons. The molecule has 0 spiro atoms. The highest BCUT2D eigenvalue weighted by Crippen LogP contribution is 2.74. The van der Waals surface area contributed by atoms with Crippen molar-refractivity contribution in [3.8, 4) is 0 Å². The van der Waals surface area contributed by atoms with E-state index >= 15 is 0 Å². The maximum Gasteiger partial charge on any atom is 0.336 e. The van der Waals surface area contributed by atoms with Gasteiger partial charge in [0, 0.05) is 36.5 Å². The van der Waals surface area contributed by atoms with Crippen molar-refractivity contribution in [1.29, 1.82) is 0 Å². The molecule has 0 aromatic heterocycles. The van der Waals surface area contributed by atoms with Crippen LogP contribution in [0, 0.1) is 40.4 Å². The van der Waals surface area contributed by atoms with Gasteiger partial charge in [-0.3, -0.25) is 4.79 Å². The summed E-state index contributed by atoms with van der Waals surface area (Å²) in [4.78, 5) is 26.2. The van der Waals surface area contributed by atoms with Gasteiger partial charge < -0.3 is 64.2 Å². The Morgan fingerprint density at radius 2 is 1.73 bits per heavy atom. The van der Waals surface area contributed by atoms with Crippen molar-refractivity contribution < 1.29 is 73.8 Å². The molecule has 15 nitrogen and oxygen atoms in total. The maximum absolute atomic E-state index is 13.5. The van der Waals surface area contributed by atoms with E-state index in [0.717, 1.165) is 0 Å². The monoisotopic (exact) mass is 724 g/mol. The molecule has 0 bridgehead atoms. The minimum Gasteiger partial charge on any atom is -0.462 e. The Hall–Kier alpha value is -1.76. The van der Waals surface area contributed by atoms with Gasteiger partial charge in [-0.05, 0) is 43.4 Å². The molecular weight excluding hydrogens is 672 g/mol. The summed E-state index contributed by atoms with van der Waals surface area (Å²) in [6, 6.07) is 0. The molecule has 21 atom stereocenters. The Labute approximate surface area is 295 Å². The van der Waals surface area contributed by atoms with Gasteiger partial charge in [0.1, 0.15) is 54.4 Å². The van der Waals surface area contributed by atoms with Crippen LogP contribution in [-0.4, -0.2) is 146 Å². The first-order valence-electron chi connectivity index (χ1n) is 18.4. The topological polar surface area (TPSA) is 238 Å². The van der Waals surface area contributed by atoms with Crippen LogP contribution in [0.15, 0.2) is 11.1 Å². The molecule has 8 rings (SSSR count). The quantitative estimate of drug-likeness (QED) is 0.119. The second-order valence-corrected chi connectivity index (χ2v) is 17.1. The number of rotatable bonds is 7. The zero-order chi connectivity index (χ0) is 36.7.